The highest BCUT2D eigenvalue weighted by Crippen LogP contribution is 2.41. The number of carbonyl (C=O) groups is 2. The van der Waals surface area contributed by atoms with Crippen LogP contribution < -0.4 is 28.4 Å². The molecule has 4 rings (SSSR count). The van der Waals surface area contributed by atoms with Crippen molar-refractivity contribution in [1.82, 2.24) is 0 Å². The zero-order valence-electron chi connectivity index (χ0n) is 31.0. The Hall–Kier alpha value is -6.54. The Kier molecular flexibility index (Phi) is 15.0. The molecule has 4 N–H and O–H groups in total. The molecular formula is C41H44O14. The van der Waals surface area contributed by atoms with E-state index >= 15 is 0 Å². The molecule has 0 aromatic heterocycles. The van der Waals surface area contributed by atoms with Gasteiger partial charge in [0.1, 0.15) is 12.7 Å². The van der Waals surface area contributed by atoms with Gasteiger partial charge in [-0.2, -0.15) is 0 Å². The molecule has 2 atom stereocenters. The Morgan fingerprint density at radius 3 is 1.60 bits per heavy atom. The van der Waals surface area contributed by atoms with Gasteiger partial charge in [0.25, 0.3) is 0 Å². The van der Waals surface area contributed by atoms with E-state index in [4.69, 9.17) is 37.9 Å². The number of aliphatic hydroxyl groups excluding tert-OH is 1. The molecule has 14 heteroatoms. The Bertz CT molecular complexity index is 1960. The maximum atomic E-state index is 12.8. The maximum absolute atomic E-state index is 12.8. The summed E-state index contributed by atoms with van der Waals surface area (Å²) < 4.78 is 43.8. The van der Waals surface area contributed by atoms with Crippen molar-refractivity contribution in [3.63, 3.8) is 0 Å². The summed E-state index contributed by atoms with van der Waals surface area (Å²) >= 11 is 0. The SMILES string of the molecule is COc1cc(C=CC(=O)OCCCc2cc(OC)c(OC(COC(=O)C=Cc3ccc(O)c(OC)c3)C(O)c3ccc(O)c(OC)c3)c(OC)c2)ccc1O. The van der Waals surface area contributed by atoms with Crippen LogP contribution in [0.1, 0.15) is 34.8 Å². The van der Waals surface area contributed by atoms with E-state index in [1.54, 1.807) is 42.5 Å². The average molecular weight is 761 g/mol. The van der Waals surface area contributed by atoms with Crippen molar-refractivity contribution in [2.45, 2.75) is 25.0 Å². The van der Waals surface area contributed by atoms with Gasteiger partial charge in [-0.05, 0) is 95.8 Å². The van der Waals surface area contributed by atoms with Crippen LogP contribution in [0.3, 0.4) is 0 Å². The second kappa shape index (κ2) is 20.1. The molecule has 0 radical (unpaired) electrons. The first kappa shape index (κ1) is 41.2. The lowest BCUT2D eigenvalue weighted by Crippen LogP contribution is -2.31. The number of esters is 2. The molecule has 14 nitrogen and oxygen atoms in total. The number of methoxy groups -OCH3 is 5. The minimum absolute atomic E-state index is 0.0118. The Labute approximate surface area is 318 Å². The third kappa shape index (κ3) is 11.5. The summed E-state index contributed by atoms with van der Waals surface area (Å²) in [6.45, 7) is -0.310. The maximum Gasteiger partial charge on any atom is 0.330 e. The molecule has 0 saturated heterocycles. The second-order valence-electron chi connectivity index (χ2n) is 11.8. The number of aryl methyl sites for hydroxylation is 1. The quantitative estimate of drug-likeness (QED) is 0.0512. The second-order valence-corrected chi connectivity index (χ2v) is 11.8. The van der Waals surface area contributed by atoms with Gasteiger partial charge in [0.05, 0.1) is 42.2 Å². The first-order valence-electron chi connectivity index (χ1n) is 16.9. The third-order valence-electron chi connectivity index (χ3n) is 8.16. The van der Waals surface area contributed by atoms with Crippen molar-refractivity contribution in [2.24, 2.45) is 0 Å². The number of aromatic hydroxyl groups is 3. The fourth-order valence-corrected chi connectivity index (χ4v) is 5.26. The Morgan fingerprint density at radius 1 is 0.618 bits per heavy atom. The normalized spacial score (nSPS) is 12.2. The first-order valence-corrected chi connectivity index (χ1v) is 16.9. The van der Waals surface area contributed by atoms with Crippen molar-refractivity contribution in [2.75, 3.05) is 48.8 Å². The topological polar surface area (TPSA) is 189 Å². The summed E-state index contributed by atoms with van der Waals surface area (Å²) in [5.74, 6) is -0.248. The number of carbonyl (C=O) groups excluding carboxylic acids is 2. The van der Waals surface area contributed by atoms with Crippen LogP contribution in [0, 0.1) is 0 Å². The van der Waals surface area contributed by atoms with E-state index in [1.165, 1.54) is 84.1 Å². The number of phenolic OH excluding ortho intramolecular Hbond substituents is 3. The van der Waals surface area contributed by atoms with Crippen LogP contribution in [-0.2, 0) is 25.5 Å². The summed E-state index contributed by atoms with van der Waals surface area (Å²) in [6, 6.07) is 16.9. The first-order chi connectivity index (χ1) is 26.5. The zero-order chi connectivity index (χ0) is 39.9. The van der Waals surface area contributed by atoms with Crippen LogP contribution in [0.4, 0.5) is 0 Å². The number of benzene rings is 4. The average Bonchev–Trinajstić information content (AvgIpc) is 3.20. The molecule has 4 aromatic rings. The number of ether oxygens (including phenoxy) is 8. The van der Waals surface area contributed by atoms with Gasteiger partial charge in [-0.1, -0.05) is 18.2 Å². The predicted molar refractivity (Wildman–Crippen MR) is 201 cm³/mol. The van der Waals surface area contributed by atoms with E-state index in [0.717, 1.165) is 5.56 Å². The summed E-state index contributed by atoms with van der Waals surface area (Å²) in [4.78, 5) is 25.1. The van der Waals surface area contributed by atoms with Gasteiger partial charge in [-0.15, -0.1) is 0 Å². The predicted octanol–water partition coefficient (Wildman–Crippen LogP) is 5.77. The van der Waals surface area contributed by atoms with E-state index in [-0.39, 0.29) is 58.4 Å². The molecule has 0 amide bonds. The van der Waals surface area contributed by atoms with E-state index in [0.29, 0.717) is 29.5 Å². The third-order valence-corrected chi connectivity index (χ3v) is 8.16. The summed E-state index contributed by atoms with van der Waals surface area (Å²) in [5.41, 5.74) is 2.27. The van der Waals surface area contributed by atoms with Gasteiger partial charge in [0, 0.05) is 12.2 Å². The minimum atomic E-state index is -1.40. The molecule has 292 valence electrons. The van der Waals surface area contributed by atoms with Gasteiger partial charge >= 0.3 is 11.9 Å². The fraction of sp³-hybridized carbons (Fsp3) is 0.268. The standard InChI is InChI=1S/C41H44O14/c1-48-32-19-25(8-13-29(32)42)10-16-38(45)53-18-6-7-27-21-35(51-4)41(36(22-27)52-5)55-37(40(47)28-12-15-31(44)34(23-28)50-3)24-54-39(46)17-11-26-9-14-30(43)33(20-26)49-2/h8-17,19-23,37,40,42-44,47H,6-7,18,24H2,1-5H3. The van der Waals surface area contributed by atoms with Crippen molar-refractivity contribution in [1.29, 1.82) is 0 Å². The Morgan fingerprint density at radius 2 is 1.09 bits per heavy atom. The van der Waals surface area contributed by atoms with Crippen LogP contribution in [0.2, 0.25) is 0 Å². The highest BCUT2D eigenvalue weighted by atomic mass is 16.6. The summed E-state index contributed by atoms with van der Waals surface area (Å²) in [7, 11) is 7.07. The molecule has 55 heavy (non-hydrogen) atoms. The minimum Gasteiger partial charge on any atom is -0.504 e. The lowest BCUT2D eigenvalue weighted by Gasteiger charge is -2.26. The number of phenols is 3. The van der Waals surface area contributed by atoms with E-state index in [1.807, 2.05) is 0 Å². The van der Waals surface area contributed by atoms with Crippen molar-refractivity contribution in [3.8, 4) is 51.7 Å². The molecule has 0 bridgehead atoms. The summed E-state index contributed by atoms with van der Waals surface area (Å²) in [6.07, 6.45) is 3.79. The Balaban J connectivity index is 1.47. The van der Waals surface area contributed by atoms with Gasteiger partial charge in [0.2, 0.25) is 5.75 Å². The molecule has 0 fully saturated rings. The molecule has 0 heterocycles. The van der Waals surface area contributed by atoms with Gasteiger partial charge in [0.15, 0.2) is 52.1 Å². The molecule has 0 spiro atoms. The number of hydrogen-bond donors (Lipinski definition) is 4. The van der Waals surface area contributed by atoms with Gasteiger partial charge < -0.3 is 58.3 Å². The van der Waals surface area contributed by atoms with Gasteiger partial charge in [-0.3, -0.25) is 0 Å². The fourth-order valence-electron chi connectivity index (χ4n) is 5.26. The van der Waals surface area contributed by atoms with Crippen LogP contribution in [-0.4, -0.2) is 87.2 Å². The van der Waals surface area contributed by atoms with Crippen molar-refractivity contribution in [3.05, 3.63) is 101 Å². The highest BCUT2D eigenvalue weighted by Gasteiger charge is 2.29. The molecule has 0 aliphatic carbocycles. The van der Waals surface area contributed by atoms with E-state index in [9.17, 15) is 30.0 Å². The molecule has 0 aliphatic rings. The van der Waals surface area contributed by atoms with Crippen LogP contribution >= 0.6 is 0 Å². The smallest absolute Gasteiger partial charge is 0.330 e. The molecule has 4 aromatic carbocycles. The molecular weight excluding hydrogens is 716 g/mol. The van der Waals surface area contributed by atoms with Gasteiger partial charge in [-0.25, -0.2) is 9.59 Å². The molecule has 0 saturated carbocycles. The number of rotatable bonds is 19. The van der Waals surface area contributed by atoms with Crippen LogP contribution in [0.25, 0.3) is 12.2 Å². The monoisotopic (exact) mass is 760 g/mol. The van der Waals surface area contributed by atoms with Crippen molar-refractivity contribution >= 4 is 24.1 Å². The largest absolute Gasteiger partial charge is 0.504 e. The summed E-state index contributed by atoms with van der Waals surface area (Å²) in [5, 5.41) is 41.2. The van der Waals surface area contributed by atoms with E-state index < -0.39 is 30.8 Å². The lowest BCUT2D eigenvalue weighted by molar-refractivity contribution is -0.142. The lowest BCUT2D eigenvalue weighted by atomic mass is 10.0. The van der Waals surface area contributed by atoms with Crippen LogP contribution in [0.5, 0.6) is 51.7 Å². The molecule has 2 unspecified atom stereocenters. The highest BCUT2D eigenvalue weighted by molar-refractivity contribution is 5.87. The van der Waals surface area contributed by atoms with Crippen molar-refractivity contribution < 1.29 is 67.9 Å². The zero-order valence-corrected chi connectivity index (χ0v) is 31.0. The molecule has 0 aliphatic heterocycles. The number of hydrogen-bond acceptors (Lipinski definition) is 14. The van der Waals surface area contributed by atoms with Crippen LogP contribution in [0.15, 0.2) is 78.9 Å². The number of aliphatic hydroxyl groups is 1. The van der Waals surface area contributed by atoms with E-state index in [2.05, 4.69) is 0 Å².